The van der Waals surface area contributed by atoms with E-state index in [1.807, 2.05) is 6.07 Å². The number of carbonyl (C=O) groups is 1. The van der Waals surface area contributed by atoms with Crippen LogP contribution in [-0.2, 0) is 21.5 Å². The Morgan fingerprint density at radius 1 is 1.29 bits per heavy atom. The lowest BCUT2D eigenvalue weighted by atomic mass is 9.76. The average molecular weight is 424 g/mol. The van der Waals surface area contributed by atoms with E-state index >= 15 is 0 Å². The zero-order valence-corrected chi connectivity index (χ0v) is 17.0. The maximum absolute atomic E-state index is 14.6. The molecule has 6 nitrogen and oxygen atoms in total. The van der Waals surface area contributed by atoms with Gasteiger partial charge in [-0.15, -0.1) is 0 Å². The summed E-state index contributed by atoms with van der Waals surface area (Å²) < 4.78 is 33.1. The first kappa shape index (κ1) is 21.0. The second-order valence-corrected chi connectivity index (χ2v) is 7.72. The molecule has 0 spiro atoms. The normalized spacial score (nSPS) is 20.3. The molecule has 2 aliphatic heterocycles. The molecule has 0 radical (unpaired) electrons. The molecular weight excluding hydrogens is 402 g/mol. The van der Waals surface area contributed by atoms with E-state index in [1.54, 1.807) is 23.1 Å². The summed E-state index contributed by atoms with van der Waals surface area (Å²) in [6, 6.07) is 12.7. The van der Waals surface area contributed by atoms with Crippen LogP contribution < -0.4 is 10.9 Å². The zero-order valence-electron chi connectivity index (χ0n) is 17.0. The lowest BCUT2D eigenvalue weighted by molar-refractivity contribution is -0.135. The Hall–Kier alpha value is -3.28. The van der Waals surface area contributed by atoms with E-state index in [-0.39, 0.29) is 18.9 Å². The molecule has 0 saturated heterocycles. The van der Waals surface area contributed by atoms with Gasteiger partial charge in [-0.05, 0) is 34.9 Å². The quantitative estimate of drug-likeness (QED) is 0.771. The van der Waals surface area contributed by atoms with Crippen LogP contribution >= 0.6 is 0 Å². The van der Waals surface area contributed by atoms with Gasteiger partial charge in [0.05, 0.1) is 17.2 Å². The highest BCUT2D eigenvalue weighted by atomic mass is 19.1. The molecule has 8 heteroatoms. The number of amides is 1. The highest BCUT2D eigenvalue weighted by molar-refractivity contribution is 5.78. The summed E-state index contributed by atoms with van der Waals surface area (Å²) >= 11 is 0. The third kappa shape index (κ3) is 3.90. The maximum Gasteiger partial charge on any atom is 0.248 e. The minimum Gasteiger partial charge on any atom is -0.375 e. The van der Waals surface area contributed by atoms with Gasteiger partial charge >= 0.3 is 0 Å². The number of hydrogen-bond donors (Lipinski definition) is 2. The lowest BCUT2D eigenvalue weighted by Crippen LogP contribution is -2.48. The minimum absolute atomic E-state index is 0.0209. The molecule has 1 unspecified atom stereocenters. The predicted octanol–water partition coefficient (Wildman–Crippen LogP) is 2.52. The van der Waals surface area contributed by atoms with Crippen LogP contribution in [-0.4, -0.2) is 37.6 Å². The number of carbonyl (C=O) groups excluding carboxylic acids is 1. The molecule has 160 valence electrons. The fourth-order valence-electron chi connectivity index (χ4n) is 4.28. The second-order valence-electron chi connectivity index (χ2n) is 7.72. The largest absolute Gasteiger partial charge is 0.375 e. The number of hydrazine groups is 1. The fourth-order valence-corrected chi connectivity index (χ4v) is 4.28. The standard InChI is InChI=1S/C23H22F2N4O2/c1-31-14-22(30)29-8-7-21-19(13-29)23(28-27-21,17-4-2-3-15(9-17)12-26)11-16-5-6-18(24)10-20(16)25/h2-6,9-10,27-28H,7-8,11,13-14H2,1H3. The Labute approximate surface area is 179 Å². The van der Waals surface area contributed by atoms with Crippen molar-refractivity contribution in [2.24, 2.45) is 0 Å². The number of hydrogen-bond acceptors (Lipinski definition) is 5. The topological polar surface area (TPSA) is 77.4 Å². The van der Waals surface area contributed by atoms with Crippen LogP contribution in [0.4, 0.5) is 8.78 Å². The highest BCUT2D eigenvalue weighted by Gasteiger charge is 2.45. The fraction of sp³-hybridized carbons (Fsp3) is 0.304. The number of rotatable bonds is 5. The van der Waals surface area contributed by atoms with Gasteiger partial charge in [0.15, 0.2) is 0 Å². The third-order valence-corrected chi connectivity index (χ3v) is 5.86. The molecule has 2 aromatic carbocycles. The number of ether oxygens (including phenoxy) is 1. The maximum atomic E-state index is 14.6. The van der Waals surface area contributed by atoms with Gasteiger partial charge in [0.1, 0.15) is 18.2 Å². The first-order valence-corrected chi connectivity index (χ1v) is 9.94. The number of nitrogens with one attached hydrogen (secondary N) is 2. The summed E-state index contributed by atoms with van der Waals surface area (Å²) in [4.78, 5) is 14.2. The van der Waals surface area contributed by atoms with Crippen molar-refractivity contribution < 1.29 is 18.3 Å². The molecule has 1 atom stereocenters. The van der Waals surface area contributed by atoms with E-state index in [1.165, 1.54) is 19.2 Å². The smallest absolute Gasteiger partial charge is 0.248 e. The van der Waals surface area contributed by atoms with E-state index in [2.05, 4.69) is 16.9 Å². The van der Waals surface area contributed by atoms with Crippen LogP contribution in [0.25, 0.3) is 0 Å². The van der Waals surface area contributed by atoms with Gasteiger partial charge in [-0.2, -0.15) is 5.26 Å². The molecule has 4 rings (SSSR count). The third-order valence-electron chi connectivity index (χ3n) is 5.86. The molecule has 0 fully saturated rings. The molecule has 0 aliphatic carbocycles. The van der Waals surface area contributed by atoms with E-state index in [0.29, 0.717) is 30.6 Å². The highest BCUT2D eigenvalue weighted by Crippen LogP contribution is 2.41. The average Bonchev–Trinajstić information content (AvgIpc) is 3.15. The number of nitrogens with zero attached hydrogens (tertiary/aromatic N) is 2. The van der Waals surface area contributed by atoms with Gasteiger partial charge in [0.2, 0.25) is 5.91 Å². The van der Waals surface area contributed by atoms with Crippen LogP contribution in [0.15, 0.2) is 53.7 Å². The van der Waals surface area contributed by atoms with Gasteiger partial charge in [-0.3, -0.25) is 4.79 Å². The predicted molar refractivity (Wildman–Crippen MR) is 109 cm³/mol. The van der Waals surface area contributed by atoms with Gasteiger partial charge in [-0.1, -0.05) is 18.2 Å². The summed E-state index contributed by atoms with van der Waals surface area (Å²) in [5.74, 6) is -1.42. The van der Waals surface area contributed by atoms with Crippen molar-refractivity contribution in [3.8, 4) is 6.07 Å². The first-order chi connectivity index (χ1) is 15.0. The van der Waals surface area contributed by atoms with Crippen molar-refractivity contribution in [3.05, 3.63) is 82.1 Å². The van der Waals surface area contributed by atoms with Crippen LogP contribution in [0.1, 0.15) is 23.1 Å². The van der Waals surface area contributed by atoms with Crippen LogP contribution in [0.2, 0.25) is 0 Å². The van der Waals surface area contributed by atoms with E-state index in [4.69, 9.17) is 4.74 Å². The summed E-state index contributed by atoms with van der Waals surface area (Å²) in [7, 11) is 1.47. The molecule has 2 N–H and O–H groups in total. The molecule has 2 aliphatic rings. The molecule has 2 aromatic rings. The molecule has 31 heavy (non-hydrogen) atoms. The van der Waals surface area contributed by atoms with Gasteiger partial charge in [0, 0.05) is 44.8 Å². The van der Waals surface area contributed by atoms with Crippen LogP contribution in [0, 0.1) is 23.0 Å². The Morgan fingerprint density at radius 3 is 2.87 bits per heavy atom. The number of nitriles is 1. The SMILES string of the molecule is COCC(=O)N1CCC2=C(C1)C(Cc1ccc(F)cc1F)(c1cccc(C#N)c1)NN2. The molecule has 0 bridgehead atoms. The molecular formula is C23H22F2N4O2. The number of halogens is 2. The van der Waals surface area contributed by atoms with Crippen molar-refractivity contribution >= 4 is 5.91 Å². The summed E-state index contributed by atoms with van der Waals surface area (Å²) in [5.41, 5.74) is 8.98. The Bertz CT molecular complexity index is 1100. The van der Waals surface area contributed by atoms with Crippen molar-refractivity contribution in [2.45, 2.75) is 18.4 Å². The Morgan fingerprint density at radius 2 is 2.13 bits per heavy atom. The second kappa shape index (κ2) is 8.46. The summed E-state index contributed by atoms with van der Waals surface area (Å²) in [5, 5.41) is 9.39. The Balaban J connectivity index is 1.80. The minimum atomic E-state index is -0.910. The van der Waals surface area contributed by atoms with Crippen LogP contribution in [0.3, 0.4) is 0 Å². The number of benzene rings is 2. The van der Waals surface area contributed by atoms with Crippen molar-refractivity contribution in [1.82, 2.24) is 15.8 Å². The Kier molecular flexibility index (Phi) is 5.72. The van der Waals surface area contributed by atoms with Crippen molar-refractivity contribution in [1.29, 1.82) is 5.26 Å². The van der Waals surface area contributed by atoms with Crippen molar-refractivity contribution in [2.75, 3.05) is 26.8 Å². The first-order valence-electron chi connectivity index (χ1n) is 9.94. The lowest BCUT2D eigenvalue weighted by Gasteiger charge is -2.37. The molecule has 2 heterocycles. The van der Waals surface area contributed by atoms with Gasteiger partial charge < -0.3 is 15.1 Å². The van der Waals surface area contributed by atoms with E-state index < -0.39 is 17.2 Å². The summed E-state index contributed by atoms with van der Waals surface area (Å²) in [6.07, 6.45) is 0.773. The molecule has 0 aromatic heterocycles. The zero-order chi connectivity index (χ0) is 22.0. The van der Waals surface area contributed by atoms with E-state index in [9.17, 15) is 18.8 Å². The number of methoxy groups -OCH3 is 1. The van der Waals surface area contributed by atoms with Gasteiger partial charge in [-0.25, -0.2) is 14.2 Å². The molecule has 0 saturated carbocycles. The molecule has 1 amide bonds. The van der Waals surface area contributed by atoms with Crippen LogP contribution in [0.5, 0.6) is 0 Å². The van der Waals surface area contributed by atoms with Gasteiger partial charge in [0.25, 0.3) is 0 Å². The van der Waals surface area contributed by atoms with Crippen molar-refractivity contribution in [3.63, 3.8) is 0 Å². The monoisotopic (exact) mass is 424 g/mol. The summed E-state index contributed by atoms with van der Waals surface area (Å²) in [6.45, 7) is 0.846. The van der Waals surface area contributed by atoms with E-state index in [0.717, 1.165) is 22.9 Å².